The number of methoxy groups -OCH3 is 1. The second-order valence-corrected chi connectivity index (χ2v) is 4.94. The molecule has 1 heterocycles. The number of aromatic nitrogens is 1. The fourth-order valence-corrected chi connectivity index (χ4v) is 1.40. The Balaban J connectivity index is 3.12. The van der Waals surface area contributed by atoms with Crippen molar-refractivity contribution in [3.05, 3.63) is 17.8 Å². The van der Waals surface area contributed by atoms with Crippen LogP contribution in [0.5, 0.6) is 5.75 Å². The van der Waals surface area contributed by atoms with Gasteiger partial charge in [-0.3, -0.25) is 0 Å². The van der Waals surface area contributed by atoms with Gasteiger partial charge < -0.3 is 10.5 Å². The molecule has 0 aliphatic rings. The van der Waals surface area contributed by atoms with Gasteiger partial charge in [-0.15, -0.1) is 0 Å². The summed E-state index contributed by atoms with van der Waals surface area (Å²) in [7, 11) is 1.64. The highest BCUT2D eigenvalue weighted by molar-refractivity contribution is 5.45. The van der Waals surface area contributed by atoms with E-state index in [9.17, 15) is 0 Å². The summed E-state index contributed by atoms with van der Waals surface area (Å²) in [5.74, 6) is 1.70. The van der Waals surface area contributed by atoms with Crippen LogP contribution in [0.3, 0.4) is 0 Å². The van der Waals surface area contributed by atoms with E-state index in [1.54, 1.807) is 13.3 Å². The van der Waals surface area contributed by atoms with E-state index in [0.717, 1.165) is 11.3 Å². The van der Waals surface area contributed by atoms with Crippen LogP contribution in [0, 0.1) is 5.41 Å². The molecule has 0 radical (unpaired) electrons. The maximum Gasteiger partial charge on any atom is 0.137 e. The van der Waals surface area contributed by atoms with E-state index in [1.807, 2.05) is 6.07 Å². The van der Waals surface area contributed by atoms with E-state index < -0.39 is 0 Å². The minimum Gasteiger partial charge on any atom is -0.495 e. The van der Waals surface area contributed by atoms with Crippen molar-refractivity contribution >= 4 is 5.82 Å². The lowest BCUT2D eigenvalue weighted by atomic mass is 9.78. The Hall–Kier alpha value is -1.25. The van der Waals surface area contributed by atoms with E-state index in [4.69, 9.17) is 10.5 Å². The Morgan fingerprint density at radius 1 is 1.40 bits per heavy atom. The summed E-state index contributed by atoms with van der Waals surface area (Å²) in [6, 6.07) is 1.97. The SMILES string of the molecule is COc1cnc(N)c(C(C)C(C)(C)C)c1. The van der Waals surface area contributed by atoms with Gasteiger partial charge in [0, 0.05) is 5.56 Å². The molecule has 0 aromatic carbocycles. The van der Waals surface area contributed by atoms with Crippen molar-refractivity contribution in [3.8, 4) is 5.75 Å². The zero-order chi connectivity index (χ0) is 11.6. The first-order valence-electron chi connectivity index (χ1n) is 5.15. The van der Waals surface area contributed by atoms with E-state index >= 15 is 0 Å². The number of pyridine rings is 1. The van der Waals surface area contributed by atoms with Crippen LogP contribution in [0.1, 0.15) is 39.2 Å². The van der Waals surface area contributed by atoms with E-state index in [-0.39, 0.29) is 5.41 Å². The third-order valence-electron chi connectivity index (χ3n) is 2.93. The van der Waals surface area contributed by atoms with Crippen molar-refractivity contribution in [3.63, 3.8) is 0 Å². The summed E-state index contributed by atoms with van der Waals surface area (Å²) >= 11 is 0. The molecular formula is C12H20N2O. The van der Waals surface area contributed by atoms with Crippen molar-refractivity contribution < 1.29 is 4.74 Å². The normalized spacial score (nSPS) is 13.7. The van der Waals surface area contributed by atoms with Crippen molar-refractivity contribution in [2.75, 3.05) is 12.8 Å². The van der Waals surface area contributed by atoms with Gasteiger partial charge >= 0.3 is 0 Å². The monoisotopic (exact) mass is 208 g/mol. The summed E-state index contributed by atoms with van der Waals surface area (Å²) in [4.78, 5) is 4.14. The summed E-state index contributed by atoms with van der Waals surface area (Å²) < 4.78 is 5.15. The van der Waals surface area contributed by atoms with Gasteiger partial charge in [-0.1, -0.05) is 27.7 Å². The first kappa shape index (κ1) is 11.8. The van der Waals surface area contributed by atoms with Crippen molar-refractivity contribution in [2.45, 2.75) is 33.6 Å². The van der Waals surface area contributed by atoms with Crippen LogP contribution >= 0.6 is 0 Å². The number of hydrogen-bond donors (Lipinski definition) is 1. The fourth-order valence-electron chi connectivity index (χ4n) is 1.40. The molecule has 1 aromatic heterocycles. The lowest BCUT2D eigenvalue weighted by Gasteiger charge is -2.28. The van der Waals surface area contributed by atoms with Crippen molar-refractivity contribution in [1.29, 1.82) is 0 Å². The van der Waals surface area contributed by atoms with Crippen molar-refractivity contribution in [1.82, 2.24) is 4.98 Å². The summed E-state index contributed by atoms with van der Waals surface area (Å²) in [5, 5.41) is 0. The molecule has 0 spiro atoms. The van der Waals surface area contributed by atoms with Gasteiger partial charge in [-0.05, 0) is 17.4 Å². The predicted molar refractivity (Wildman–Crippen MR) is 63.1 cm³/mol. The van der Waals surface area contributed by atoms with Gasteiger partial charge in [0.05, 0.1) is 13.3 Å². The smallest absolute Gasteiger partial charge is 0.137 e. The van der Waals surface area contributed by atoms with Crippen LogP contribution in [0.4, 0.5) is 5.82 Å². The maximum atomic E-state index is 5.88. The Morgan fingerprint density at radius 3 is 2.47 bits per heavy atom. The molecule has 0 fully saturated rings. The number of anilines is 1. The third kappa shape index (κ3) is 2.61. The molecule has 0 bridgehead atoms. The molecule has 0 aliphatic carbocycles. The van der Waals surface area contributed by atoms with Gasteiger partial charge in [0.2, 0.25) is 0 Å². The van der Waals surface area contributed by atoms with Gasteiger partial charge in [-0.2, -0.15) is 0 Å². The van der Waals surface area contributed by atoms with Crippen LogP contribution in [0.25, 0.3) is 0 Å². The zero-order valence-corrected chi connectivity index (χ0v) is 10.2. The molecule has 1 atom stereocenters. The largest absolute Gasteiger partial charge is 0.495 e. The van der Waals surface area contributed by atoms with E-state index in [0.29, 0.717) is 11.7 Å². The molecule has 84 valence electrons. The zero-order valence-electron chi connectivity index (χ0n) is 10.2. The highest BCUT2D eigenvalue weighted by Gasteiger charge is 2.24. The molecule has 2 N–H and O–H groups in total. The number of rotatable bonds is 2. The molecule has 3 heteroatoms. The number of nitrogens with two attached hydrogens (primary N) is 1. The Bertz CT molecular complexity index is 342. The minimum atomic E-state index is 0.169. The van der Waals surface area contributed by atoms with E-state index in [1.165, 1.54) is 0 Å². The first-order valence-corrected chi connectivity index (χ1v) is 5.15. The van der Waals surface area contributed by atoms with Crippen LogP contribution in [-0.2, 0) is 0 Å². The first-order chi connectivity index (χ1) is 6.86. The quantitative estimate of drug-likeness (QED) is 0.813. The summed E-state index contributed by atoms with van der Waals surface area (Å²) in [6.45, 7) is 8.73. The third-order valence-corrected chi connectivity index (χ3v) is 2.93. The van der Waals surface area contributed by atoms with Gasteiger partial charge in [0.15, 0.2) is 0 Å². The second-order valence-electron chi connectivity index (χ2n) is 4.94. The molecule has 1 unspecified atom stereocenters. The lowest BCUT2D eigenvalue weighted by molar-refractivity contribution is 0.338. The molecule has 3 nitrogen and oxygen atoms in total. The topological polar surface area (TPSA) is 48.1 Å². The average Bonchev–Trinajstić information content (AvgIpc) is 2.16. The van der Waals surface area contributed by atoms with Crippen molar-refractivity contribution in [2.24, 2.45) is 5.41 Å². The molecule has 0 saturated heterocycles. The number of nitrogen functional groups attached to an aromatic ring is 1. The van der Waals surface area contributed by atoms with Gasteiger partial charge in [0.25, 0.3) is 0 Å². The Kier molecular flexibility index (Phi) is 3.22. The molecule has 1 aromatic rings. The molecule has 15 heavy (non-hydrogen) atoms. The molecular weight excluding hydrogens is 188 g/mol. The Morgan fingerprint density at radius 2 is 2.00 bits per heavy atom. The highest BCUT2D eigenvalue weighted by Crippen LogP contribution is 2.37. The molecule has 0 amide bonds. The highest BCUT2D eigenvalue weighted by atomic mass is 16.5. The Labute approximate surface area is 91.7 Å². The standard InChI is InChI=1S/C12H20N2O/c1-8(12(2,3)4)10-6-9(15-5)7-14-11(10)13/h6-8H,1-5H3,(H2,13,14). The number of hydrogen-bond acceptors (Lipinski definition) is 3. The maximum absolute atomic E-state index is 5.88. The molecule has 0 saturated carbocycles. The van der Waals surface area contributed by atoms with Crippen LogP contribution < -0.4 is 10.5 Å². The molecule has 1 rings (SSSR count). The number of ether oxygens (including phenoxy) is 1. The number of nitrogens with zero attached hydrogens (tertiary/aromatic N) is 1. The second kappa shape index (κ2) is 4.09. The van der Waals surface area contributed by atoms with Crippen LogP contribution in [0.2, 0.25) is 0 Å². The summed E-state index contributed by atoms with van der Waals surface area (Å²) in [6.07, 6.45) is 1.65. The minimum absolute atomic E-state index is 0.169. The van der Waals surface area contributed by atoms with Gasteiger partial charge in [-0.25, -0.2) is 4.98 Å². The predicted octanol–water partition coefficient (Wildman–Crippen LogP) is 2.82. The summed E-state index contributed by atoms with van der Waals surface area (Å²) in [5.41, 5.74) is 7.10. The lowest BCUT2D eigenvalue weighted by Crippen LogP contribution is -2.17. The fraction of sp³-hybridized carbons (Fsp3) is 0.583. The van der Waals surface area contributed by atoms with Gasteiger partial charge in [0.1, 0.15) is 11.6 Å². The molecule has 0 aliphatic heterocycles. The average molecular weight is 208 g/mol. The van der Waals surface area contributed by atoms with E-state index in [2.05, 4.69) is 32.7 Å². The van der Waals surface area contributed by atoms with Crippen LogP contribution in [-0.4, -0.2) is 12.1 Å². The van der Waals surface area contributed by atoms with Crippen LogP contribution in [0.15, 0.2) is 12.3 Å².